The largest absolute Gasteiger partial charge is 0.467 e. The van der Waals surface area contributed by atoms with Gasteiger partial charge in [-0.3, -0.25) is 9.89 Å². The van der Waals surface area contributed by atoms with Crippen molar-refractivity contribution in [2.24, 2.45) is 0 Å². The van der Waals surface area contributed by atoms with Crippen molar-refractivity contribution in [2.75, 3.05) is 13.7 Å². The van der Waals surface area contributed by atoms with E-state index >= 15 is 0 Å². The predicted octanol–water partition coefficient (Wildman–Crippen LogP) is 3.11. The van der Waals surface area contributed by atoms with Crippen LogP contribution in [-0.2, 0) is 16.0 Å². The molecule has 128 valence electrons. The maximum atomic E-state index is 13.0. The minimum absolute atomic E-state index is 0.272. The second-order valence-electron chi connectivity index (χ2n) is 5.62. The first-order valence-electron chi connectivity index (χ1n) is 7.73. The molecular formula is C17H15N3O3S2. The highest BCUT2D eigenvalue weighted by Gasteiger charge is 2.38. The van der Waals surface area contributed by atoms with E-state index in [1.165, 1.54) is 7.11 Å². The Morgan fingerprint density at radius 1 is 1.32 bits per heavy atom. The van der Waals surface area contributed by atoms with Gasteiger partial charge < -0.3 is 9.64 Å². The fourth-order valence-electron chi connectivity index (χ4n) is 3.04. The Morgan fingerprint density at radius 2 is 2.20 bits per heavy atom. The van der Waals surface area contributed by atoms with Crippen LogP contribution in [0.2, 0.25) is 0 Å². The molecular weight excluding hydrogens is 358 g/mol. The topological polar surface area (TPSA) is 75.3 Å². The van der Waals surface area contributed by atoms with Crippen LogP contribution in [0.15, 0.2) is 35.0 Å². The molecule has 0 fully saturated rings. The van der Waals surface area contributed by atoms with Gasteiger partial charge in [0, 0.05) is 11.4 Å². The van der Waals surface area contributed by atoms with Crippen LogP contribution in [0.1, 0.15) is 27.0 Å². The van der Waals surface area contributed by atoms with Crippen molar-refractivity contribution in [2.45, 2.75) is 12.5 Å². The number of fused-ring (bicyclic) bond motifs is 1. The summed E-state index contributed by atoms with van der Waals surface area (Å²) >= 11 is 3.17. The molecule has 4 heterocycles. The SMILES string of the molecule is COC(=O)C1c2ccsc2CCN1C(=O)c1cc(-c2cccs2)[nH]n1. The van der Waals surface area contributed by atoms with Crippen LogP contribution in [0.4, 0.5) is 0 Å². The fraction of sp³-hybridized carbons (Fsp3) is 0.235. The van der Waals surface area contributed by atoms with Crippen LogP contribution < -0.4 is 0 Å². The molecule has 1 amide bonds. The molecule has 0 saturated heterocycles. The van der Waals surface area contributed by atoms with E-state index in [0.717, 1.165) is 27.4 Å². The zero-order chi connectivity index (χ0) is 17.4. The third-order valence-corrected chi connectivity index (χ3v) is 6.13. The quantitative estimate of drug-likeness (QED) is 0.716. The summed E-state index contributed by atoms with van der Waals surface area (Å²) in [6, 6.07) is 6.81. The predicted molar refractivity (Wildman–Crippen MR) is 95.7 cm³/mol. The van der Waals surface area contributed by atoms with E-state index in [-0.39, 0.29) is 5.91 Å². The molecule has 0 saturated carbocycles. The number of aromatic nitrogens is 2. The van der Waals surface area contributed by atoms with E-state index in [1.54, 1.807) is 33.6 Å². The van der Waals surface area contributed by atoms with Gasteiger partial charge in [-0.1, -0.05) is 6.07 Å². The van der Waals surface area contributed by atoms with Gasteiger partial charge in [-0.05, 0) is 40.9 Å². The number of hydrogen-bond donors (Lipinski definition) is 1. The number of nitrogens with one attached hydrogen (secondary N) is 1. The van der Waals surface area contributed by atoms with Crippen molar-refractivity contribution in [1.82, 2.24) is 15.1 Å². The summed E-state index contributed by atoms with van der Waals surface area (Å²) in [5.41, 5.74) is 1.95. The van der Waals surface area contributed by atoms with Crippen LogP contribution in [0.25, 0.3) is 10.6 Å². The molecule has 8 heteroatoms. The molecule has 0 radical (unpaired) electrons. The lowest BCUT2D eigenvalue weighted by Crippen LogP contribution is -2.43. The average Bonchev–Trinajstić information content (AvgIpc) is 3.39. The number of H-pyrrole nitrogens is 1. The van der Waals surface area contributed by atoms with Gasteiger partial charge in [-0.25, -0.2) is 4.79 Å². The van der Waals surface area contributed by atoms with Crippen LogP contribution in [0.3, 0.4) is 0 Å². The number of carbonyl (C=O) groups is 2. The van der Waals surface area contributed by atoms with E-state index in [4.69, 9.17) is 4.74 Å². The number of hydrogen-bond acceptors (Lipinski definition) is 6. The molecule has 6 nitrogen and oxygen atoms in total. The van der Waals surface area contributed by atoms with E-state index < -0.39 is 12.0 Å². The standard InChI is InChI=1S/C17H15N3O3S2/c1-23-17(22)15-10-5-8-25-13(10)4-6-20(15)16(21)12-9-11(18-19-12)14-3-2-7-24-14/h2-3,5,7-9,15H,4,6H2,1H3,(H,18,19). The van der Waals surface area contributed by atoms with Crippen LogP contribution in [0.5, 0.6) is 0 Å². The van der Waals surface area contributed by atoms with Gasteiger partial charge in [0.05, 0.1) is 17.7 Å². The number of methoxy groups -OCH3 is 1. The molecule has 3 aromatic rings. The Labute approximate surface area is 152 Å². The van der Waals surface area contributed by atoms with Crippen molar-refractivity contribution < 1.29 is 14.3 Å². The average molecular weight is 373 g/mol. The maximum absolute atomic E-state index is 13.0. The Balaban J connectivity index is 1.66. The molecule has 0 aliphatic carbocycles. The van der Waals surface area contributed by atoms with Crippen molar-refractivity contribution in [3.63, 3.8) is 0 Å². The number of rotatable bonds is 3. The fourth-order valence-corrected chi connectivity index (χ4v) is 4.63. The Kier molecular flexibility index (Phi) is 4.14. The normalized spacial score (nSPS) is 16.5. The molecule has 0 bridgehead atoms. The van der Waals surface area contributed by atoms with E-state index in [2.05, 4.69) is 10.2 Å². The summed E-state index contributed by atoms with van der Waals surface area (Å²) in [5.74, 6) is -0.701. The zero-order valence-electron chi connectivity index (χ0n) is 13.4. The number of ether oxygens (including phenoxy) is 1. The maximum Gasteiger partial charge on any atom is 0.333 e. The smallest absolute Gasteiger partial charge is 0.333 e. The highest BCUT2D eigenvalue weighted by Crippen LogP contribution is 2.35. The Hall–Kier alpha value is -2.45. The lowest BCUT2D eigenvalue weighted by atomic mass is 9.99. The molecule has 4 rings (SSSR count). The van der Waals surface area contributed by atoms with Gasteiger partial charge in [0.15, 0.2) is 11.7 Å². The first kappa shape index (κ1) is 16.0. The van der Waals surface area contributed by atoms with Crippen molar-refractivity contribution in [3.05, 3.63) is 51.2 Å². The first-order valence-corrected chi connectivity index (χ1v) is 9.49. The summed E-state index contributed by atoms with van der Waals surface area (Å²) in [7, 11) is 1.34. The molecule has 0 spiro atoms. The lowest BCUT2D eigenvalue weighted by molar-refractivity contribution is -0.146. The molecule has 0 aromatic carbocycles. The van der Waals surface area contributed by atoms with Gasteiger partial charge in [0.1, 0.15) is 0 Å². The molecule has 1 aliphatic rings. The summed E-state index contributed by atoms with van der Waals surface area (Å²) < 4.78 is 4.94. The van der Waals surface area contributed by atoms with E-state index in [1.807, 2.05) is 29.0 Å². The summed E-state index contributed by atoms with van der Waals surface area (Å²) in [6.07, 6.45) is 0.731. The van der Waals surface area contributed by atoms with Gasteiger partial charge in [-0.15, -0.1) is 22.7 Å². The van der Waals surface area contributed by atoms with Crippen LogP contribution in [0, 0.1) is 0 Å². The molecule has 1 unspecified atom stereocenters. The number of amides is 1. The van der Waals surface area contributed by atoms with Crippen molar-refractivity contribution in [3.8, 4) is 10.6 Å². The number of esters is 1. The Morgan fingerprint density at radius 3 is 2.96 bits per heavy atom. The highest BCUT2D eigenvalue weighted by atomic mass is 32.1. The van der Waals surface area contributed by atoms with Crippen molar-refractivity contribution >= 4 is 34.6 Å². The third-order valence-electron chi connectivity index (χ3n) is 4.23. The second kappa shape index (κ2) is 6.45. The van der Waals surface area contributed by atoms with Crippen LogP contribution in [-0.4, -0.2) is 40.6 Å². The molecule has 1 atom stereocenters. The van der Waals surface area contributed by atoms with E-state index in [9.17, 15) is 9.59 Å². The monoisotopic (exact) mass is 373 g/mol. The summed E-state index contributed by atoms with van der Waals surface area (Å²) in [5, 5.41) is 11.0. The Bertz CT molecular complexity index is 913. The van der Waals surface area contributed by atoms with Gasteiger partial charge in [-0.2, -0.15) is 5.10 Å². The number of nitrogens with zero attached hydrogens (tertiary/aromatic N) is 2. The number of thiophene rings is 2. The third kappa shape index (κ3) is 2.77. The van der Waals surface area contributed by atoms with Crippen LogP contribution >= 0.6 is 22.7 Å². The number of carbonyl (C=O) groups excluding carboxylic acids is 2. The molecule has 25 heavy (non-hydrogen) atoms. The minimum Gasteiger partial charge on any atom is -0.467 e. The van der Waals surface area contributed by atoms with Gasteiger partial charge in [0.2, 0.25) is 0 Å². The highest BCUT2D eigenvalue weighted by molar-refractivity contribution is 7.13. The second-order valence-corrected chi connectivity index (χ2v) is 7.57. The molecule has 1 aliphatic heterocycles. The zero-order valence-corrected chi connectivity index (χ0v) is 15.0. The summed E-state index contributed by atoms with van der Waals surface area (Å²) in [6.45, 7) is 0.466. The van der Waals surface area contributed by atoms with Gasteiger partial charge >= 0.3 is 5.97 Å². The number of aromatic amines is 1. The lowest BCUT2D eigenvalue weighted by Gasteiger charge is -2.33. The van der Waals surface area contributed by atoms with Gasteiger partial charge in [0.25, 0.3) is 5.91 Å². The first-order chi connectivity index (χ1) is 12.2. The molecule has 3 aromatic heterocycles. The van der Waals surface area contributed by atoms with E-state index in [0.29, 0.717) is 12.2 Å². The molecule has 1 N–H and O–H groups in total. The van der Waals surface area contributed by atoms with Crippen molar-refractivity contribution in [1.29, 1.82) is 0 Å². The minimum atomic E-state index is -0.714. The summed E-state index contributed by atoms with van der Waals surface area (Å²) in [4.78, 5) is 29.0.